The van der Waals surface area contributed by atoms with Crippen LogP contribution in [-0.2, 0) is 23.9 Å². The number of ketones is 1. The quantitative estimate of drug-likeness (QED) is 0.234. The number of methoxy groups -OCH3 is 2. The van der Waals surface area contributed by atoms with Crippen molar-refractivity contribution in [1.82, 2.24) is 0 Å². The standard InChI is InChI=1S/C6H8O5.Na.H/c1-10-5(8)3-4(7)6(9)11-2;;/h3H2,1-2H3;;. The summed E-state index contributed by atoms with van der Waals surface area (Å²) in [6.45, 7) is 0. The second-order valence-electron chi connectivity index (χ2n) is 1.67. The van der Waals surface area contributed by atoms with Crippen molar-refractivity contribution in [2.75, 3.05) is 14.2 Å². The number of ether oxygens (including phenoxy) is 2. The number of rotatable bonds is 3. The van der Waals surface area contributed by atoms with Gasteiger partial charge < -0.3 is 9.47 Å². The van der Waals surface area contributed by atoms with Crippen LogP contribution in [0.1, 0.15) is 6.42 Å². The van der Waals surface area contributed by atoms with Gasteiger partial charge in [-0.15, -0.1) is 0 Å². The first-order chi connectivity index (χ1) is 5.11. The molecule has 0 heterocycles. The number of hydrogen-bond acceptors (Lipinski definition) is 5. The molecular formula is C6H9NaO5. The topological polar surface area (TPSA) is 69.7 Å². The Kier molecular flexibility index (Phi) is 8.57. The van der Waals surface area contributed by atoms with Crippen LogP contribution in [0, 0.1) is 0 Å². The Balaban J connectivity index is 0. The van der Waals surface area contributed by atoms with Crippen molar-refractivity contribution in [3.63, 3.8) is 0 Å². The average Bonchev–Trinajstić information content (AvgIpc) is 2.02. The number of hydrogen-bond donors (Lipinski definition) is 0. The van der Waals surface area contributed by atoms with Crippen LogP contribution in [0.25, 0.3) is 0 Å². The first-order valence-electron chi connectivity index (χ1n) is 2.79. The number of Topliss-reactive ketones (excluding diaryl/α,β-unsaturated/α-hetero) is 1. The third-order valence-corrected chi connectivity index (χ3v) is 0.946. The Morgan fingerprint density at radius 2 is 1.58 bits per heavy atom. The summed E-state index contributed by atoms with van der Waals surface area (Å²) in [7, 11) is 2.20. The van der Waals surface area contributed by atoms with Crippen molar-refractivity contribution >= 4 is 47.3 Å². The second-order valence-corrected chi connectivity index (χ2v) is 1.67. The summed E-state index contributed by atoms with van der Waals surface area (Å²) in [5.41, 5.74) is 0. The molecule has 0 fully saturated rings. The normalized spacial score (nSPS) is 7.83. The number of carbonyl (C=O) groups is 3. The zero-order chi connectivity index (χ0) is 8.85. The zero-order valence-electron chi connectivity index (χ0n) is 6.25. The fourth-order valence-electron chi connectivity index (χ4n) is 0.389. The van der Waals surface area contributed by atoms with Gasteiger partial charge in [0.05, 0.1) is 14.2 Å². The molecule has 12 heavy (non-hydrogen) atoms. The predicted molar refractivity (Wildman–Crippen MR) is 40.8 cm³/mol. The number of esters is 2. The molecule has 0 N–H and O–H groups in total. The molecule has 6 heteroatoms. The molecule has 0 saturated carbocycles. The van der Waals surface area contributed by atoms with Gasteiger partial charge in [-0.3, -0.25) is 9.59 Å². The van der Waals surface area contributed by atoms with Crippen LogP contribution in [0.2, 0.25) is 0 Å². The Hall–Kier alpha value is -0.390. The van der Waals surface area contributed by atoms with Crippen LogP contribution < -0.4 is 0 Å². The average molecular weight is 184 g/mol. The van der Waals surface area contributed by atoms with Crippen LogP contribution in [0.4, 0.5) is 0 Å². The van der Waals surface area contributed by atoms with Crippen molar-refractivity contribution in [3.05, 3.63) is 0 Å². The van der Waals surface area contributed by atoms with Crippen LogP contribution in [0.5, 0.6) is 0 Å². The van der Waals surface area contributed by atoms with Gasteiger partial charge in [0.1, 0.15) is 6.42 Å². The van der Waals surface area contributed by atoms with Crippen LogP contribution in [0.3, 0.4) is 0 Å². The second kappa shape index (κ2) is 7.27. The van der Waals surface area contributed by atoms with Gasteiger partial charge >= 0.3 is 41.5 Å². The van der Waals surface area contributed by atoms with Crippen molar-refractivity contribution in [3.8, 4) is 0 Å². The first kappa shape index (κ1) is 14.2. The molecule has 0 atom stereocenters. The zero-order valence-corrected chi connectivity index (χ0v) is 6.25. The third-order valence-electron chi connectivity index (χ3n) is 0.946. The molecule has 0 aromatic rings. The van der Waals surface area contributed by atoms with Gasteiger partial charge in [0.15, 0.2) is 0 Å². The summed E-state index contributed by atoms with van der Waals surface area (Å²) in [6, 6.07) is 0. The summed E-state index contributed by atoms with van der Waals surface area (Å²) >= 11 is 0. The van der Waals surface area contributed by atoms with Crippen LogP contribution in [0.15, 0.2) is 0 Å². The van der Waals surface area contributed by atoms with E-state index in [0.29, 0.717) is 0 Å². The Morgan fingerprint density at radius 3 is 1.92 bits per heavy atom. The van der Waals surface area contributed by atoms with E-state index in [1.54, 1.807) is 0 Å². The van der Waals surface area contributed by atoms with Crippen molar-refractivity contribution in [2.24, 2.45) is 0 Å². The molecule has 0 aromatic carbocycles. The number of carbonyl (C=O) groups excluding carboxylic acids is 3. The first-order valence-corrected chi connectivity index (χ1v) is 2.79. The fourth-order valence-corrected chi connectivity index (χ4v) is 0.389. The predicted octanol–water partition coefficient (Wildman–Crippen LogP) is -1.36. The Morgan fingerprint density at radius 1 is 1.08 bits per heavy atom. The van der Waals surface area contributed by atoms with E-state index < -0.39 is 24.1 Å². The van der Waals surface area contributed by atoms with E-state index in [1.165, 1.54) is 0 Å². The molecule has 0 bridgehead atoms. The monoisotopic (exact) mass is 184 g/mol. The van der Waals surface area contributed by atoms with Gasteiger partial charge in [-0.05, 0) is 0 Å². The van der Waals surface area contributed by atoms with Gasteiger partial charge in [-0.1, -0.05) is 0 Å². The van der Waals surface area contributed by atoms with E-state index in [-0.39, 0.29) is 29.6 Å². The molecule has 0 aromatic heterocycles. The maximum atomic E-state index is 10.6. The molecule has 0 aliphatic rings. The molecular weight excluding hydrogens is 175 g/mol. The molecule has 0 rings (SSSR count). The van der Waals surface area contributed by atoms with Crippen LogP contribution >= 0.6 is 0 Å². The van der Waals surface area contributed by atoms with E-state index in [9.17, 15) is 14.4 Å². The third kappa shape index (κ3) is 5.29. The van der Waals surface area contributed by atoms with E-state index in [1.807, 2.05) is 0 Å². The molecule has 5 nitrogen and oxygen atoms in total. The fraction of sp³-hybridized carbons (Fsp3) is 0.500. The molecule has 0 spiro atoms. The van der Waals surface area contributed by atoms with Gasteiger partial charge in [-0.25, -0.2) is 4.79 Å². The molecule has 0 radical (unpaired) electrons. The van der Waals surface area contributed by atoms with E-state index >= 15 is 0 Å². The minimum atomic E-state index is -1.03. The van der Waals surface area contributed by atoms with E-state index in [2.05, 4.69) is 9.47 Å². The van der Waals surface area contributed by atoms with Gasteiger partial charge in [0.2, 0.25) is 0 Å². The Bertz CT molecular complexity index is 188. The van der Waals surface area contributed by atoms with Crippen LogP contribution in [-0.4, -0.2) is 61.5 Å². The van der Waals surface area contributed by atoms with E-state index in [0.717, 1.165) is 14.2 Å². The van der Waals surface area contributed by atoms with E-state index in [4.69, 9.17) is 0 Å². The minimum absolute atomic E-state index is 0. The Labute approximate surface area is 91.7 Å². The van der Waals surface area contributed by atoms with Gasteiger partial charge in [-0.2, -0.15) is 0 Å². The molecule has 64 valence electrons. The van der Waals surface area contributed by atoms with Gasteiger partial charge in [0, 0.05) is 0 Å². The molecule has 0 aliphatic heterocycles. The maximum absolute atomic E-state index is 10.6. The molecule has 0 aliphatic carbocycles. The van der Waals surface area contributed by atoms with Crippen molar-refractivity contribution in [1.29, 1.82) is 0 Å². The summed E-state index contributed by atoms with van der Waals surface area (Å²) in [4.78, 5) is 31.3. The van der Waals surface area contributed by atoms with Crippen molar-refractivity contribution in [2.45, 2.75) is 6.42 Å². The SMILES string of the molecule is COC(=O)CC(=O)C(=O)OC.[NaH]. The summed E-state index contributed by atoms with van der Waals surface area (Å²) in [6.07, 6.45) is -0.566. The van der Waals surface area contributed by atoms with Crippen molar-refractivity contribution < 1.29 is 23.9 Å². The molecule has 0 saturated heterocycles. The summed E-state index contributed by atoms with van der Waals surface area (Å²) in [5.74, 6) is -2.69. The van der Waals surface area contributed by atoms with Gasteiger partial charge in [0.25, 0.3) is 5.78 Å². The molecule has 0 amide bonds. The summed E-state index contributed by atoms with van der Waals surface area (Å²) < 4.78 is 8.21. The molecule has 0 unspecified atom stereocenters. The summed E-state index contributed by atoms with van der Waals surface area (Å²) in [5, 5.41) is 0.